The number of likely N-dealkylation sites (N-methyl/N-ethyl adjacent to an activating group) is 1. The predicted molar refractivity (Wildman–Crippen MR) is 82.7 cm³/mol. The number of guanidine groups is 1. The van der Waals surface area contributed by atoms with Crippen LogP contribution in [0.25, 0.3) is 0 Å². The van der Waals surface area contributed by atoms with E-state index in [0.717, 1.165) is 51.3 Å². The van der Waals surface area contributed by atoms with Crippen molar-refractivity contribution in [1.82, 2.24) is 15.1 Å². The summed E-state index contributed by atoms with van der Waals surface area (Å²) in [5.41, 5.74) is 0. The first-order chi connectivity index (χ1) is 8.33. The highest BCUT2D eigenvalue weighted by molar-refractivity contribution is 14.0. The summed E-state index contributed by atoms with van der Waals surface area (Å²) in [4.78, 5) is 9.18. The average molecular weight is 366 g/mol. The summed E-state index contributed by atoms with van der Waals surface area (Å²) in [7, 11) is 2.08. The van der Waals surface area contributed by atoms with Crippen LogP contribution in [0.1, 0.15) is 12.8 Å². The van der Waals surface area contributed by atoms with E-state index in [-0.39, 0.29) is 24.0 Å². The summed E-state index contributed by atoms with van der Waals surface area (Å²) in [6.45, 7) is 5.90. The Labute approximate surface area is 126 Å². The topological polar surface area (TPSA) is 40.1 Å². The number of hydrogen-bond donors (Lipinski definition) is 1. The van der Waals surface area contributed by atoms with Gasteiger partial charge in [-0.1, -0.05) is 0 Å². The van der Waals surface area contributed by atoms with Gasteiger partial charge in [0, 0.05) is 39.3 Å². The highest BCUT2D eigenvalue weighted by atomic mass is 127. The molecule has 104 valence electrons. The molecule has 3 aliphatic rings. The van der Waals surface area contributed by atoms with E-state index in [0.29, 0.717) is 6.10 Å². The molecule has 1 saturated heterocycles. The largest absolute Gasteiger partial charge is 0.374 e. The van der Waals surface area contributed by atoms with Crippen molar-refractivity contribution in [3.8, 4) is 0 Å². The van der Waals surface area contributed by atoms with Crippen molar-refractivity contribution in [3.63, 3.8) is 0 Å². The molecule has 1 atom stereocenters. The molecular weight excluding hydrogens is 343 g/mol. The second kappa shape index (κ2) is 6.38. The first-order valence-corrected chi connectivity index (χ1v) is 6.68. The van der Waals surface area contributed by atoms with Crippen LogP contribution >= 0.6 is 24.0 Å². The summed E-state index contributed by atoms with van der Waals surface area (Å²) in [5, 5.41) is 3.41. The van der Waals surface area contributed by atoms with Crippen LogP contribution in [0.5, 0.6) is 0 Å². The Balaban J connectivity index is 0.00000120. The Bertz CT molecular complexity index is 308. The van der Waals surface area contributed by atoms with Gasteiger partial charge in [0.2, 0.25) is 0 Å². The molecule has 18 heavy (non-hydrogen) atoms. The quantitative estimate of drug-likeness (QED) is 0.733. The molecule has 2 aliphatic heterocycles. The molecule has 0 bridgehead atoms. The molecule has 1 N–H and O–H groups in total. The third-order valence-corrected chi connectivity index (χ3v) is 3.78. The van der Waals surface area contributed by atoms with Gasteiger partial charge in [0.25, 0.3) is 0 Å². The van der Waals surface area contributed by atoms with Crippen molar-refractivity contribution in [2.75, 3.05) is 46.4 Å². The van der Waals surface area contributed by atoms with Crippen molar-refractivity contribution < 1.29 is 4.74 Å². The zero-order valence-electron chi connectivity index (χ0n) is 11.0. The summed E-state index contributed by atoms with van der Waals surface area (Å²) in [6, 6.07) is 0.855. The lowest BCUT2D eigenvalue weighted by molar-refractivity contribution is -0.0283. The number of morpholine rings is 1. The van der Waals surface area contributed by atoms with Gasteiger partial charge in [-0.3, -0.25) is 9.89 Å². The maximum Gasteiger partial charge on any atom is 0.193 e. The van der Waals surface area contributed by atoms with Gasteiger partial charge < -0.3 is 15.0 Å². The second-order valence-corrected chi connectivity index (χ2v) is 5.23. The van der Waals surface area contributed by atoms with Crippen molar-refractivity contribution in [1.29, 1.82) is 0 Å². The Morgan fingerprint density at radius 1 is 1.39 bits per heavy atom. The van der Waals surface area contributed by atoms with Gasteiger partial charge in [0.1, 0.15) is 0 Å². The second-order valence-electron chi connectivity index (χ2n) is 5.23. The number of nitrogens with zero attached hydrogens (tertiary/aromatic N) is 3. The Morgan fingerprint density at radius 3 is 2.89 bits per heavy atom. The zero-order valence-corrected chi connectivity index (χ0v) is 13.3. The summed E-state index contributed by atoms with van der Waals surface area (Å²) >= 11 is 0. The Hall–Kier alpha value is -0.0800. The fraction of sp³-hybridized carbons (Fsp3) is 0.917. The third kappa shape index (κ3) is 3.48. The Morgan fingerprint density at radius 2 is 2.22 bits per heavy atom. The molecular formula is C12H23IN4O. The van der Waals surface area contributed by atoms with Crippen LogP contribution in [0, 0.1) is 0 Å². The molecule has 2 heterocycles. The average Bonchev–Trinajstić information content (AvgIpc) is 3.12. The van der Waals surface area contributed by atoms with Gasteiger partial charge in [-0.2, -0.15) is 0 Å². The first kappa shape index (κ1) is 14.3. The van der Waals surface area contributed by atoms with E-state index in [4.69, 9.17) is 4.74 Å². The highest BCUT2D eigenvalue weighted by Crippen LogP contribution is 2.28. The highest BCUT2D eigenvalue weighted by Gasteiger charge is 2.33. The fourth-order valence-electron chi connectivity index (χ4n) is 2.57. The predicted octanol–water partition coefficient (Wildman–Crippen LogP) is 0.359. The number of ether oxygens (including phenoxy) is 1. The van der Waals surface area contributed by atoms with Crippen molar-refractivity contribution in [2.24, 2.45) is 4.99 Å². The van der Waals surface area contributed by atoms with Gasteiger partial charge in [-0.25, -0.2) is 0 Å². The molecule has 0 aromatic carbocycles. The van der Waals surface area contributed by atoms with E-state index in [9.17, 15) is 0 Å². The van der Waals surface area contributed by atoms with E-state index >= 15 is 0 Å². The molecule has 0 amide bonds. The molecule has 2 fully saturated rings. The molecule has 1 aliphatic carbocycles. The van der Waals surface area contributed by atoms with Crippen molar-refractivity contribution in [3.05, 3.63) is 0 Å². The molecule has 0 aromatic heterocycles. The van der Waals surface area contributed by atoms with Crippen LogP contribution in [0.4, 0.5) is 0 Å². The number of nitrogens with one attached hydrogen (secondary N) is 1. The van der Waals surface area contributed by atoms with Gasteiger partial charge in [-0.15, -0.1) is 24.0 Å². The van der Waals surface area contributed by atoms with Gasteiger partial charge in [0.15, 0.2) is 5.96 Å². The van der Waals surface area contributed by atoms with Crippen LogP contribution in [-0.2, 0) is 4.74 Å². The number of rotatable bonds is 3. The van der Waals surface area contributed by atoms with Crippen molar-refractivity contribution >= 4 is 29.9 Å². The SMILES string of the molecule is CN1CCN=C1NCC1CN(C2CC2)CCO1.I. The molecule has 3 rings (SSSR count). The number of aliphatic imine (C=N–C) groups is 1. The Kier molecular flexibility index (Phi) is 5.08. The van der Waals surface area contributed by atoms with Gasteiger partial charge in [0.05, 0.1) is 19.3 Å². The lowest BCUT2D eigenvalue weighted by Gasteiger charge is -2.33. The van der Waals surface area contributed by atoms with Crippen LogP contribution in [-0.4, -0.2) is 74.3 Å². The normalized spacial score (nSPS) is 28.8. The van der Waals surface area contributed by atoms with Crippen LogP contribution in [0.2, 0.25) is 0 Å². The van der Waals surface area contributed by atoms with Crippen LogP contribution < -0.4 is 5.32 Å². The molecule has 1 unspecified atom stereocenters. The van der Waals surface area contributed by atoms with Crippen LogP contribution in [0.3, 0.4) is 0 Å². The van der Waals surface area contributed by atoms with E-state index < -0.39 is 0 Å². The van der Waals surface area contributed by atoms with E-state index in [1.165, 1.54) is 12.8 Å². The monoisotopic (exact) mass is 366 g/mol. The van der Waals surface area contributed by atoms with Gasteiger partial charge >= 0.3 is 0 Å². The molecule has 0 aromatic rings. The minimum atomic E-state index is 0. The smallest absolute Gasteiger partial charge is 0.193 e. The van der Waals surface area contributed by atoms with E-state index in [2.05, 4.69) is 27.2 Å². The van der Waals surface area contributed by atoms with Crippen molar-refractivity contribution in [2.45, 2.75) is 25.0 Å². The van der Waals surface area contributed by atoms with E-state index in [1.807, 2.05) is 0 Å². The third-order valence-electron chi connectivity index (χ3n) is 3.78. The standard InChI is InChI=1S/C12H22N4O.HI/c1-15-5-4-13-12(15)14-8-11-9-16(6-7-17-11)10-2-3-10;/h10-11H,2-9H2,1H3,(H,13,14);1H. The molecule has 0 radical (unpaired) electrons. The summed E-state index contributed by atoms with van der Waals surface area (Å²) in [6.07, 6.45) is 3.09. The summed E-state index contributed by atoms with van der Waals surface area (Å²) < 4.78 is 5.80. The maximum absolute atomic E-state index is 5.80. The zero-order chi connectivity index (χ0) is 11.7. The van der Waals surface area contributed by atoms with Crippen LogP contribution in [0.15, 0.2) is 4.99 Å². The maximum atomic E-state index is 5.80. The van der Waals surface area contributed by atoms with E-state index in [1.54, 1.807) is 0 Å². The molecule has 5 nitrogen and oxygen atoms in total. The lowest BCUT2D eigenvalue weighted by atomic mass is 10.2. The minimum Gasteiger partial charge on any atom is -0.374 e. The minimum absolute atomic E-state index is 0. The fourth-order valence-corrected chi connectivity index (χ4v) is 2.57. The lowest BCUT2D eigenvalue weighted by Crippen LogP contribution is -2.49. The first-order valence-electron chi connectivity index (χ1n) is 6.68. The van der Waals surface area contributed by atoms with Gasteiger partial charge in [-0.05, 0) is 12.8 Å². The number of halogens is 1. The summed E-state index contributed by atoms with van der Waals surface area (Å²) in [5.74, 6) is 1.03. The molecule has 6 heteroatoms. The number of hydrogen-bond acceptors (Lipinski definition) is 5. The molecule has 0 spiro atoms. The molecule has 1 saturated carbocycles.